The van der Waals surface area contributed by atoms with Crippen LogP contribution >= 0.6 is 0 Å². The van der Waals surface area contributed by atoms with Crippen LogP contribution in [-0.4, -0.2) is 148 Å². The standard InChI is InChI=1S/C53H56F4N10O15/c1-4-52(80)30-14-35-44-28(21-66(35)50(78)29(30)22-81-51(52)79)43-32(11-10-27-25(3)31(54)15-33(64-44)42(27)43)65-48(76)45(53(55,56)57)82-23-62-38(69)18-60-46(74)34(13-26-8-6-5-7-9-26)63-39(70)19-59-37(68)17-61-47(75)36(16-58-20-41(72)73)67-40(71)12-24(2)49(67)77/h5-9,14-15,24,32,34,36,45,58,80H,4,10-13,16-23H2,1-3H3,(H,59,68)(H,60,74)(H,61,75)(H,62,69)(H,63,70)(H,65,76)(H,72,73)/t24?,32-,34+,36?,45?,52+/m1/s1. The Kier molecular flexibility index (Phi) is 17.5. The lowest BCUT2D eigenvalue weighted by atomic mass is 9.81. The molecule has 8 amide bonds. The van der Waals surface area contributed by atoms with Gasteiger partial charge in [-0.2, -0.15) is 13.2 Å². The molecule has 0 bridgehead atoms. The lowest BCUT2D eigenvalue weighted by Gasteiger charge is -2.31. The summed E-state index contributed by atoms with van der Waals surface area (Å²) in [6.07, 6.45) is -9.00. The van der Waals surface area contributed by atoms with Crippen molar-refractivity contribution in [3.05, 3.63) is 97.6 Å². The van der Waals surface area contributed by atoms with Gasteiger partial charge in [0.25, 0.3) is 11.5 Å². The highest BCUT2D eigenvalue weighted by Gasteiger charge is 2.49. The fraction of sp³-hybridized carbons (Fsp3) is 0.434. The Morgan fingerprint density at radius 1 is 0.890 bits per heavy atom. The zero-order valence-electron chi connectivity index (χ0n) is 44.2. The van der Waals surface area contributed by atoms with Gasteiger partial charge in [-0.05, 0) is 54.5 Å². The number of ether oxygens (including phenoxy) is 2. The molecule has 82 heavy (non-hydrogen) atoms. The topological polar surface area (TPSA) is 352 Å². The summed E-state index contributed by atoms with van der Waals surface area (Å²) >= 11 is 0. The van der Waals surface area contributed by atoms with Crippen molar-refractivity contribution in [1.82, 2.24) is 51.7 Å². The Morgan fingerprint density at radius 3 is 2.23 bits per heavy atom. The number of likely N-dealkylation sites (tertiary alicyclic amines) is 1. The van der Waals surface area contributed by atoms with E-state index in [1.807, 2.05) is 5.32 Å². The summed E-state index contributed by atoms with van der Waals surface area (Å²) in [6.45, 7) is -0.791. The van der Waals surface area contributed by atoms with Gasteiger partial charge in [-0.15, -0.1) is 0 Å². The normalized spacial score (nSPS) is 19.0. The summed E-state index contributed by atoms with van der Waals surface area (Å²) in [5.41, 5.74) is -0.704. The lowest BCUT2D eigenvalue weighted by molar-refractivity contribution is -0.220. The first-order valence-electron chi connectivity index (χ1n) is 25.8. The van der Waals surface area contributed by atoms with Gasteiger partial charge < -0.3 is 61.5 Å². The van der Waals surface area contributed by atoms with Crippen molar-refractivity contribution in [3.63, 3.8) is 0 Å². The summed E-state index contributed by atoms with van der Waals surface area (Å²) < 4.78 is 70.8. The summed E-state index contributed by atoms with van der Waals surface area (Å²) in [7, 11) is 0. The molecule has 0 spiro atoms. The van der Waals surface area contributed by atoms with Gasteiger partial charge in [-0.3, -0.25) is 52.8 Å². The summed E-state index contributed by atoms with van der Waals surface area (Å²) in [5.74, 6) is -11.5. The number of carbonyl (C=O) groups is 10. The lowest BCUT2D eigenvalue weighted by Crippen LogP contribution is -2.56. The van der Waals surface area contributed by atoms with Crippen LogP contribution in [0.2, 0.25) is 0 Å². The van der Waals surface area contributed by atoms with Crippen LogP contribution in [0.4, 0.5) is 17.6 Å². The second kappa shape index (κ2) is 24.2. The molecule has 436 valence electrons. The van der Waals surface area contributed by atoms with Crippen molar-refractivity contribution in [2.45, 2.75) is 102 Å². The molecular formula is C53H56F4N10O15. The monoisotopic (exact) mass is 1150 g/mol. The second-order valence-electron chi connectivity index (χ2n) is 20.0. The van der Waals surface area contributed by atoms with Gasteiger partial charge in [0.05, 0.1) is 61.2 Å². The number of alkyl halides is 3. The predicted molar refractivity (Wildman–Crippen MR) is 273 cm³/mol. The number of nitrogens with one attached hydrogen (secondary N) is 7. The van der Waals surface area contributed by atoms with Gasteiger partial charge in [0.2, 0.25) is 47.5 Å². The van der Waals surface area contributed by atoms with Crippen molar-refractivity contribution in [1.29, 1.82) is 0 Å². The maximum absolute atomic E-state index is 15.4. The number of fused-ring (bicyclic) bond motifs is 5. The van der Waals surface area contributed by atoms with Crippen LogP contribution in [0.5, 0.6) is 0 Å². The van der Waals surface area contributed by atoms with Crippen LogP contribution < -0.4 is 42.8 Å². The van der Waals surface area contributed by atoms with Gasteiger partial charge >= 0.3 is 18.1 Å². The molecule has 4 aromatic rings. The first-order valence-corrected chi connectivity index (χ1v) is 25.8. The van der Waals surface area contributed by atoms with Crippen molar-refractivity contribution < 1.29 is 85.2 Å². The van der Waals surface area contributed by atoms with E-state index in [-0.39, 0.29) is 77.8 Å². The Labute approximate surface area is 462 Å². The van der Waals surface area contributed by atoms with Crippen LogP contribution in [-0.2, 0) is 89.0 Å². The molecule has 4 aliphatic rings. The number of hydrogen-bond donors (Lipinski definition) is 9. The van der Waals surface area contributed by atoms with E-state index in [0.717, 1.165) is 6.07 Å². The van der Waals surface area contributed by atoms with E-state index in [1.165, 1.54) is 31.4 Å². The van der Waals surface area contributed by atoms with Crippen LogP contribution in [0, 0.1) is 18.7 Å². The molecular weight excluding hydrogens is 1090 g/mol. The van der Waals surface area contributed by atoms with E-state index in [4.69, 9.17) is 19.6 Å². The largest absolute Gasteiger partial charge is 0.480 e. The average molecular weight is 1150 g/mol. The predicted octanol–water partition coefficient (Wildman–Crippen LogP) is -0.834. The van der Waals surface area contributed by atoms with Crippen LogP contribution in [0.3, 0.4) is 0 Å². The number of aliphatic carboxylic acids is 1. The molecule has 2 aromatic heterocycles. The molecule has 8 rings (SSSR count). The molecule has 0 saturated carbocycles. The zero-order chi connectivity index (χ0) is 59.5. The first kappa shape index (κ1) is 59.4. The molecule has 3 unspecified atom stereocenters. The Hall–Kier alpha value is -8.70. The maximum Gasteiger partial charge on any atom is 0.423 e. The number of aromatic nitrogens is 2. The molecule has 9 N–H and O–H groups in total. The fourth-order valence-corrected chi connectivity index (χ4v) is 10.4. The molecule has 6 atom stereocenters. The molecule has 29 heteroatoms. The molecule has 25 nitrogen and oxygen atoms in total. The van der Waals surface area contributed by atoms with E-state index in [2.05, 4.69) is 31.9 Å². The molecule has 5 heterocycles. The third-order valence-corrected chi connectivity index (χ3v) is 14.6. The van der Waals surface area contributed by atoms with Crippen molar-refractivity contribution >= 4 is 70.1 Å². The number of carboxylic acid groups (broad SMARTS) is 1. The van der Waals surface area contributed by atoms with E-state index in [9.17, 15) is 71.0 Å². The van der Waals surface area contributed by atoms with E-state index in [1.54, 1.807) is 30.3 Å². The number of aliphatic hydroxyl groups is 1. The number of esters is 1. The number of amides is 8. The number of pyridine rings is 2. The van der Waals surface area contributed by atoms with Crippen LogP contribution in [0.1, 0.15) is 78.1 Å². The number of aryl methyl sites for hydroxylation is 1. The van der Waals surface area contributed by atoms with Crippen molar-refractivity contribution in [2.24, 2.45) is 5.92 Å². The molecule has 1 fully saturated rings. The average Bonchev–Trinajstić information content (AvgIpc) is 3.04. The van der Waals surface area contributed by atoms with Gasteiger partial charge in [0.1, 0.15) is 31.2 Å². The second-order valence-corrected chi connectivity index (χ2v) is 20.0. The number of cyclic esters (lactones) is 1. The van der Waals surface area contributed by atoms with Crippen LogP contribution in [0.15, 0.2) is 47.3 Å². The van der Waals surface area contributed by atoms with Gasteiger partial charge in [0.15, 0.2) is 5.60 Å². The Bertz CT molecular complexity index is 3380. The van der Waals surface area contributed by atoms with E-state index in [0.29, 0.717) is 27.0 Å². The number of hydrogen-bond acceptors (Lipinski definition) is 16. The zero-order valence-corrected chi connectivity index (χ0v) is 44.2. The smallest absolute Gasteiger partial charge is 0.423 e. The van der Waals surface area contributed by atoms with Crippen LogP contribution in [0.25, 0.3) is 22.3 Å². The minimum absolute atomic E-state index is 0.0000191. The number of benzene rings is 2. The van der Waals surface area contributed by atoms with Crippen molar-refractivity contribution in [3.8, 4) is 11.4 Å². The highest BCUT2D eigenvalue weighted by Crippen LogP contribution is 2.46. The molecule has 1 saturated heterocycles. The first-order chi connectivity index (χ1) is 38.8. The Balaban J connectivity index is 0.884. The number of carboxylic acids is 1. The minimum Gasteiger partial charge on any atom is -0.480 e. The summed E-state index contributed by atoms with van der Waals surface area (Å²) in [5, 5.41) is 36.7. The Morgan fingerprint density at radius 2 is 1.57 bits per heavy atom. The number of halogens is 4. The minimum atomic E-state index is -5.36. The summed E-state index contributed by atoms with van der Waals surface area (Å²) in [4.78, 5) is 147. The highest BCUT2D eigenvalue weighted by atomic mass is 19.4. The molecule has 3 aliphatic heterocycles. The molecule has 0 radical (unpaired) electrons. The summed E-state index contributed by atoms with van der Waals surface area (Å²) in [6, 6.07) is 6.60. The molecule has 1 aliphatic carbocycles. The third kappa shape index (κ3) is 12.3. The van der Waals surface area contributed by atoms with Gasteiger partial charge in [-0.25, -0.2) is 14.2 Å². The van der Waals surface area contributed by atoms with E-state index >= 15 is 4.39 Å². The third-order valence-electron chi connectivity index (χ3n) is 14.6. The fourth-order valence-electron chi connectivity index (χ4n) is 10.4. The maximum atomic E-state index is 15.4. The molecule has 2 aromatic carbocycles. The number of nitrogens with zero attached hydrogens (tertiary/aromatic N) is 3. The van der Waals surface area contributed by atoms with Gasteiger partial charge in [0, 0.05) is 47.9 Å². The van der Waals surface area contributed by atoms with E-state index < -0.39 is 159 Å². The highest BCUT2D eigenvalue weighted by molar-refractivity contribution is 6.07. The van der Waals surface area contributed by atoms with Gasteiger partial charge in [-0.1, -0.05) is 44.2 Å². The van der Waals surface area contributed by atoms with Crippen molar-refractivity contribution in [2.75, 3.05) is 39.5 Å². The number of rotatable bonds is 22. The number of carbonyl (C=O) groups excluding carboxylic acids is 9. The number of imide groups is 1. The SMILES string of the molecule is CC[C@@]1(O)C(=O)OCc2c1cc1n(c2=O)Cc2c-1nc1cc(F)c(C)c3c1c2[C@H](NC(=O)C(OCNC(=O)CNC(=O)[C@H](Cc1ccccc1)NC(=O)CNC(=O)CNC(=O)C(CNCC(=O)O)N1C(=O)CC(C)C1=O)C(F)(F)F)CC3. The quantitative estimate of drug-likeness (QED) is 0.0177.